The van der Waals surface area contributed by atoms with Crippen LogP contribution in [0.15, 0.2) is 48.5 Å². The zero-order valence-corrected chi connectivity index (χ0v) is 15.9. The SMILES string of the molecule is CCc1ccc(OCC(=O)N2CCCN(Cc3ccccc3F)CC2)cc1. The van der Waals surface area contributed by atoms with Crippen LogP contribution in [-0.2, 0) is 17.8 Å². The van der Waals surface area contributed by atoms with Gasteiger partial charge in [-0.25, -0.2) is 4.39 Å². The molecule has 0 saturated carbocycles. The molecule has 0 atom stereocenters. The summed E-state index contributed by atoms with van der Waals surface area (Å²) in [5.41, 5.74) is 1.95. The summed E-state index contributed by atoms with van der Waals surface area (Å²) in [7, 11) is 0. The Kier molecular flexibility index (Phi) is 6.82. The molecule has 1 fully saturated rings. The van der Waals surface area contributed by atoms with E-state index < -0.39 is 0 Å². The maximum absolute atomic E-state index is 13.9. The van der Waals surface area contributed by atoms with Gasteiger partial charge < -0.3 is 9.64 Å². The number of amides is 1. The fraction of sp³-hybridized carbons (Fsp3) is 0.409. The van der Waals surface area contributed by atoms with Gasteiger partial charge in [-0.15, -0.1) is 0 Å². The molecule has 4 nitrogen and oxygen atoms in total. The van der Waals surface area contributed by atoms with Gasteiger partial charge in [-0.05, 0) is 36.6 Å². The third-order valence-corrected chi connectivity index (χ3v) is 4.99. The molecule has 1 saturated heterocycles. The van der Waals surface area contributed by atoms with Crippen molar-refractivity contribution in [3.63, 3.8) is 0 Å². The second-order valence-corrected chi connectivity index (χ2v) is 6.89. The van der Waals surface area contributed by atoms with Crippen LogP contribution >= 0.6 is 0 Å². The van der Waals surface area contributed by atoms with Crippen LogP contribution in [0.25, 0.3) is 0 Å². The summed E-state index contributed by atoms with van der Waals surface area (Å²) in [5.74, 6) is 0.552. The molecule has 2 aromatic carbocycles. The summed E-state index contributed by atoms with van der Waals surface area (Å²) < 4.78 is 19.5. The van der Waals surface area contributed by atoms with Gasteiger partial charge in [0.2, 0.25) is 0 Å². The Balaban J connectivity index is 1.48. The fourth-order valence-corrected chi connectivity index (χ4v) is 3.30. The largest absolute Gasteiger partial charge is 0.484 e. The second kappa shape index (κ2) is 9.51. The molecule has 2 aromatic rings. The van der Waals surface area contributed by atoms with Crippen LogP contribution in [-0.4, -0.2) is 48.5 Å². The fourth-order valence-electron chi connectivity index (χ4n) is 3.30. The molecule has 1 aliphatic heterocycles. The number of ether oxygens (including phenoxy) is 1. The van der Waals surface area contributed by atoms with Crippen LogP contribution in [0.1, 0.15) is 24.5 Å². The van der Waals surface area contributed by atoms with Crippen molar-refractivity contribution in [2.75, 3.05) is 32.8 Å². The van der Waals surface area contributed by atoms with Gasteiger partial charge in [0, 0.05) is 38.3 Å². The highest BCUT2D eigenvalue weighted by atomic mass is 19.1. The number of rotatable bonds is 6. The number of benzene rings is 2. The van der Waals surface area contributed by atoms with Gasteiger partial charge in [0.05, 0.1) is 0 Å². The first-order valence-electron chi connectivity index (χ1n) is 9.61. The summed E-state index contributed by atoms with van der Waals surface area (Å²) in [6, 6.07) is 14.7. The number of hydrogen-bond acceptors (Lipinski definition) is 3. The van der Waals surface area contributed by atoms with Gasteiger partial charge in [-0.1, -0.05) is 37.3 Å². The Morgan fingerprint density at radius 2 is 1.81 bits per heavy atom. The summed E-state index contributed by atoms with van der Waals surface area (Å²) in [4.78, 5) is 16.5. The average Bonchev–Trinajstić information content (AvgIpc) is 2.94. The maximum atomic E-state index is 13.9. The molecule has 1 heterocycles. The normalized spacial score (nSPS) is 15.4. The molecule has 27 heavy (non-hydrogen) atoms. The molecule has 0 bridgehead atoms. The van der Waals surface area contributed by atoms with Crippen molar-refractivity contribution in [1.82, 2.24) is 9.80 Å². The number of carbonyl (C=O) groups is 1. The van der Waals surface area contributed by atoms with Gasteiger partial charge in [-0.2, -0.15) is 0 Å². The molecule has 0 N–H and O–H groups in total. The van der Waals surface area contributed by atoms with E-state index >= 15 is 0 Å². The Morgan fingerprint density at radius 1 is 1.04 bits per heavy atom. The molecule has 1 aliphatic rings. The van der Waals surface area contributed by atoms with Crippen LogP contribution in [0, 0.1) is 5.82 Å². The molecule has 5 heteroatoms. The Labute approximate surface area is 160 Å². The standard InChI is InChI=1S/C22H27FN2O2/c1-2-18-8-10-20(11-9-18)27-17-22(26)25-13-5-12-24(14-15-25)16-19-6-3-4-7-21(19)23/h3-4,6-11H,2,5,12-17H2,1H3. The lowest BCUT2D eigenvalue weighted by Gasteiger charge is -2.22. The van der Waals surface area contributed by atoms with Gasteiger partial charge >= 0.3 is 0 Å². The van der Waals surface area contributed by atoms with Crippen LogP contribution in [0.2, 0.25) is 0 Å². The van der Waals surface area contributed by atoms with Crippen molar-refractivity contribution < 1.29 is 13.9 Å². The Bertz CT molecular complexity index is 748. The lowest BCUT2D eigenvalue weighted by Crippen LogP contribution is -2.38. The third-order valence-electron chi connectivity index (χ3n) is 4.99. The molecule has 0 radical (unpaired) electrons. The highest BCUT2D eigenvalue weighted by Gasteiger charge is 2.20. The predicted octanol–water partition coefficient (Wildman–Crippen LogP) is 3.50. The minimum absolute atomic E-state index is 0.00214. The molecule has 3 rings (SSSR count). The van der Waals surface area contributed by atoms with E-state index in [0.29, 0.717) is 25.2 Å². The van der Waals surface area contributed by atoms with Gasteiger partial charge in [-0.3, -0.25) is 9.69 Å². The monoisotopic (exact) mass is 370 g/mol. The highest BCUT2D eigenvalue weighted by Crippen LogP contribution is 2.14. The first kappa shape index (κ1) is 19.4. The number of nitrogens with zero attached hydrogens (tertiary/aromatic N) is 2. The van der Waals surface area contributed by atoms with E-state index in [0.717, 1.165) is 31.7 Å². The van der Waals surface area contributed by atoms with Crippen LogP contribution in [0.4, 0.5) is 4.39 Å². The van der Waals surface area contributed by atoms with E-state index in [4.69, 9.17) is 4.74 Å². The molecule has 0 spiro atoms. The van der Waals surface area contributed by atoms with E-state index in [1.54, 1.807) is 6.07 Å². The van der Waals surface area contributed by atoms with Crippen molar-refractivity contribution in [3.05, 3.63) is 65.5 Å². The molecule has 0 aromatic heterocycles. The lowest BCUT2D eigenvalue weighted by molar-refractivity contribution is -0.133. The average molecular weight is 370 g/mol. The van der Waals surface area contributed by atoms with E-state index in [1.165, 1.54) is 11.6 Å². The van der Waals surface area contributed by atoms with Gasteiger partial charge in [0.1, 0.15) is 11.6 Å². The molecule has 1 amide bonds. The van der Waals surface area contributed by atoms with Gasteiger partial charge in [0.15, 0.2) is 6.61 Å². The van der Waals surface area contributed by atoms with Crippen molar-refractivity contribution in [1.29, 1.82) is 0 Å². The zero-order chi connectivity index (χ0) is 19.1. The van der Waals surface area contributed by atoms with Crippen molar-refractivity contribution in [2.45, 2.75) is 26.3 Å². The first-order chi connectivity index (χ1) is 13.2. The Hall–Kier alpha value is -2.40. The Morgan fingerprint density at radius 3 is 2.56 bits per heavy atom. The summed E-state index contributed by atoms with van der Waals surface area (Å²) in [6.07, 6.45) is 1.86. The van der Waals surface area contributed by atoms with Crippen LogP contribution in [0.3, 0.4) is 0 Å². The second-order valence-electron chi connectivity index (χ2n) is 6.89. The summed E-state index contributed by atoms with van der Waals surface area (Å²) in [6.45, 7) is 5.70. The number of halogens is 1. The predicted molar refractivity (Wildman–Crippen MR) is 104 cm³/mol. The molecule has 0 unspecified atom stereocenters. The topological polar surface area (TPSA) is 32.8 Å². The minimum atomic E-state index is -0.169. The maximum Gasteiger partial charge on any atom is 0.260 e. The quantitative estimate of drug-likeness (QED) is 0.780. The van der Waals surface area contributed by atoms with Crippen LogP contribution < -0.4 is 4.74 Å². The van der Waals surface area contributed by atoms with Crippen molar-refractivity contribution in [3.8, 4) is 5.75 Å². The summed E-state index contributed by atoms with van der Waals surface area (Å²) >= 11 is 0. The number of hydrogen-bond donors (Lipinski definition) is 0. The molecule has 0 aliphatic carbocycles. The zero-order valence-electron chi connectivity index (χ0n) is 15.9. The molecule has 144 valence electrons. The van der Waals surface area contributed by atoms with Gasteiger partial charge in [0.25, 0.3) is 5.91 Å². The molecular weight excluding hydrogens is 343 g/mol. The minimum Gasteiger partial charge on any atom is -0.484 e. The van der Waals surface area contributed by atoms with Crippen molar-refractivity contribution >= 4 is 5.91 Å². The van der Waals surface area contributed by atoms with E-state index in [1.807, 2.05) is 41.3 Å². The molecular formula is C22H27FN2O2. The first-order valence-corrected chi connectivity index (χ1v) is 9.61. The van der Waals surface area contributed by atoms with E-state index in [9.17, 15) is 9.18 Å². The van der Waals surface area contributed by atoms with E-state index in [-0.39, 0.29) is 18.3 Å². The third kappa shape index (κ3) is 5.54. The smallest absolute Gasteiger partial charge is 0.260 e. The lowest BCUT2D eigenvalue weighted by atomic mass is 10.2. The summed E-state index contributed by atoms with van der Waals surface area (Å²) in [5, 5.41) is 0. The van der Waals surface area contributed by atoms with Crippen LogP contribution in [0.5, 0.6) is 5.75 Å². The number of carbonyl (C=O) groups excluding carboxylic acids is 1. The highest BCUT2D eigenvalue weighted by molar-refractivity contribution is 5.77. The number of aryl methyl sites for hydroxylation is 1. The van der Waals surface area contributed by atoms with Crippen molar-refractivity contribution in [2.24, 2.45) is 0 Å². The van der Waals surface area contributed by atoms with E-state index in [2.05, 4.69) is 11.8 Å².